The van der Waals surface area contributed by atoms with Gasteiger partial charge >= 0.3 is 5.97 Å². The summed E-state index contributed by atoms with van der Waals surface area (Å²) < 4.78 is 31.9. The van der Waals surface area contributed by atoms with Crippen LogP contribution in [0.1, 0.15) is 25.0 Å². The molecule has 1 atom stereocenters. The Morgan fingerprint density at radius 2 is 1.77 bits per heavy atom. The van der Waals surface area contributed by atoms with Gasteiger partial charge in [-0.05, 0) is 63.1 Å². The van der Waals surface area contributed by atoms with Gasteiger partial charge in [0, 0.05) is 5.02 Å². The molecular formula is C19H22ClNO4S. The molecule has 0 aliphatic heterocycles. The molecule has 26 heavy (non-hydrogen) atoms. The van der Waals surface area contributed by atoms with E-state index in [1.807, 2.05) is 0 Å². The molecule has 0 saturated carbocycles. The van der Waals surface area contributed by atoms with E-state index in [-0.39, 0.29) is 5.75 Å². The number of rotatable bonds is 6. The maximum absolute atomic E-state index is 12.7. The SMILES string of the molecule is CCS(=O)(=O)N(c1cc(C)c(Cl)cc1C)C(C)C(=O)Oc1ccccc1. The van der Waals surface area contributed by atoms with Crippen molar-refractivity contribution in [3.8, 4) is 5.75 Å². The summed E-state index contributed by atoms with van der Waals surface area (Å²) in [6.07, 6.45) is 0. The van der Waals surface area contributed by atoms with Crippen LogP contribution in [0.4, 0.5) is 5.69 Å². The minimum Gasteiger partial charge on any atom is -0.425 e. The number of hydrogen-bond donors (Lipinski definition) is 0. The molecule has 0 saturated heterocycles. The van der Waals surface area contributed by atoms with Gasteiger partial charge in [0.2, 0.25) is 10.0 Å². The molecule has 0 fully saturated rings. The van der Waals surface area contributed by atoms with Gasteiger partial charge in [0.15, 0.2) is 0 Å². The largest absolute Gasteiger partial charge is 0.425 e. The Bertz CT molecular complexity index is 897. The van der Waals surface area contributed by atoms with E-state index < -0.39 is 22.0 Å². The third kappa shape index (κ3) is 4.37. The van der Waals surface area contributed by atoms with E-state index in [9.17, 15) is 13.2 Å². The van der Waals surface area contributed by atoms with Crippen LogP contribution in [0.15, 0.2) is 42.5 Å². The van der Waals surface area contributed by atoms with Gasteiger partial charge in [-0.1, -0.05) is 29.8 Å². The van der Waals surface area contributed by atoms with Crippen LogP contribution in [-0.2, 0) is 14.8 Å². The Kier molecular flexibility index (Phi) is 6.31. The van der Waals surface area contributed by atoms with Gasteiger partial charge in [-0.3, -0.25) is 4.31 Å². The number of esters is 1. The van der Waals surface area contributed by atoms with Crippen LogP contribution in [0.3, 0.4) is 0 Å². The number of carbonyl (C=O) groups excluding carboxylic acids is 1. The second-order valence-corrected chi connectivity index (χ2v) is 8.54. The zero-order valence-electron chi connectivity index (χ0n) is 15.2. The molecule has 0 aliphatic rings. The lowest BCUT2D eigenvalue weighted by Gasteiger charge is -2.30. The monoisotopic (exact) mass is 395 g/mol. The molecule has 0 amide bonds. The summed E-state index contributed by atoms with van der Waals surface area (Å²) in [6.45, 7) is 6.60. The number of carbonyl (C=O) groups is 1. The van der Waals surface area contributed by atoms with Gasteiger partial charge in [0.1, 0.15) is 11.8 Å². The maximum atomic E-state index is 12.7. The second kappa shape index (κ2) is 8.10. The fourth-order valence-corrected chi connectivity index (χ4v) is 4.09. The molecule has 0 bridgehead atoms. The smallest absolute Gasteiger partial charge is 0.335 e. The van der Waals surface area contributed by atoms with Crippen LogP contribution in [0.5, 0.6) is 5.75 Å². The fraction of sp³-hybridized carbons (Fsp3) is 0.316. The van der Waals surface area contributed by atoms with Crippen LogP contribution in [-0.4, -0.2) is 26.2 Å². The molecule has 0 heterocycles. The van der Waals surface area contributed by atoms with E-state index in [4.69, 9.17) is 16.3 Å². The highest BCUT2D eigenvalue weighted by Crippen LogP contribution is 2.31. The van der Waals surface area contributed by atoms with E-state index in [0.717, 1.165) is 9.87 Å². The average Bonchev–Trinajstić information content (AvgIpc) is 2.60. The quantitative estimate of drug-likeness (QED) is 0.545. The molecule has 7 heteroatoms. The molecule has 0 N–H and O–H groups in total. The lowest BCUT2D eigenvalue weighted by Crippen LogP contribution is -2.46. The first kappa shape index (κ1) is 20.3. The Labute approximate surface area is 159 Å². The van der Waals surface area contributed by atoms with Gasteiger partial charge in [-0.25, -0.2) is 13.2 Å². The summed E-state index contributed by atoms with van der Waals surface area (Å²) in [7, 11) is -3.71. The molecule has 0 aliphatic carbocycles. The first-order valence-electron chi connectivity index (χ1n) is 8.23. The fourth-order valence-electron chi connectivity index (χ4n) is 2.53. The minimum absolute atomic E-state index is 0.142. The molecule has 0 aromatic heterocycles. The summed E-state index contributed by atoms with van der Waals surface area (Å²) >= 11 is 6.13. The Morgan fingerprint density at radius 3 is 2.35 bits per heavy atom. The van der Waals surface area contributed by atoms with Crippen LogP contribution < -0.4 is 9.04 Å². The molecule has 2 aromatic rings. The lowest BCUT2D eigenvalue weighted by molar-refractivity contribution is -0.135. The summed E-state index contributed by atoms with van der Waals surface area (Å²) in [5, 5.41) is 0.541. The molecule has 140 valence electrons. The number of aryl methyl sites for hydroxylation is 2. The molecule has 5 nitrogen and oxygen atoms in total. The number of ether oxygens (including phenoxy) is 1. The molecule has 1 unspecified atom stereocenters. The highest BCUT2D eigenvalue weighted by atomic mass is 35.5. The maximum Gasteiger partial charge on any atom is 0.335 e. The van der Waals surface area contributed by atoms with Gasteiger partial charge in [-0.2, -0.15) is 0 Å². The second-order valence-electron chi connectivity index (χ2n) is 5.99. The number of halogens is 1. The van der Waals surface area contributed by atoms with Gasteiger partial charge < -0.3 is 4.74 Å². The molecule has 2 aromatic carbocycles. The van der Waals surface area contributed by atoms with Crippen LogP contribution in [0.2, 0.25) is 5.02 Å². The van der Waals surface area contributed by atoms with Gasteiger partial charge in [0.25, 0.3) is 0 Å². The highest BCUT2D eigenvalue weighted by molar-refractivity contribution is 7.92. The number of nitrogens with zero attached hydrogens (tertiary/aromatic N) is 1. The average molecular weight is 396 g/mol. The predicted molar refractivity (Wildman–Crippen MR) is 104 cm³/mol. The van der Waals surface area contributed by atoms with Crippen molar-refractivity contribution in [2.75, 3.05) is 10.1 Å². The van der Waals surface area contributed by atoms with Crippen molar-refractivity contribution < 1.29 is 17.9 Å². The topological polar surface area (TPSA) is 63.7 Å². The van der Waals surface area contributed by atoms with E-state index in [1.54, 1.807) is 56.3 Å². The predicted octanol–water partition coefficient (Wildman–Crippen LogP) is 4.11. The number of anilines is 1. The zero-order valence-corrected chi connectivity index (χ0v) is 16.8. The van der Waals surface area contributed by atoms with Crippen molar-refractivity contribution in [3.05, 3.63) is 58.6 Å². The summed E-state index contributed by atoms with van der Waals surface area (Å²) in [6, 6.07) is 10.9. The molecule has 0 spiro atoms. The van der Waals surface area contributed by atoms with E-state index in [0.29, 0.717) is 22.0 Å². The first-order valence-corrected chi connectivity index (χ1v) is 10.2. The number of sulfonamides is 1. The van der Waals surface area contributed by atoms with Crippen molar-refractivity contribution in [1.82, 2.24) is 0 Å². The van der Waals surface area contributed by atoms with Crippen LogP contribution in [0, 0.1) is 13.8 Å². The third-order valence-corrected chi connectivity index (χ3v) is 6.28. The van der Waals surface area contributed by atoms with Gasteiger partial charge in [-0.15, -0.1) is 0 Å². The highest BCUT2D eigenvalue weighted by Gasteiger charge is 2.33. The number of hydrogen-bond acceptors (Lipinski definition) is 4. The van der Waals surface area contributed by atoms with Crippen LogP contribution >= 0.6 is 11.6 Å². The number of para-hydroxylation sites is 1. The van der Waals surface area contributed by atoms with E-state index in [2.05, 4.69) is 0 Å². The van der Waals surface area contributed by atoms with Crippen molar-refractivity contribution in [2.45, 2.75) is 33.7 Å². The standard InChI is InChI=1S/C19H22ClNO4S/c1-5-26(23,24)21(18-12-13(2)17(20)11-14(18)3)15(4)19(22)25-16-9-7-6-8-10-16/h6-12,15H,5H2,1-4H3. The van der Waals surface area contributed by atoms with Crippen molar-refractivity contribution in [2.24, 2.45) is 0 Å². The number of benzene rings is 2. The normalized spacial score (nSPS) is 12.5. The minimum atomic E-state index is -3.71. The van der Waals surface area contributed by atoms with E-state index in [1.165, 1.54) is 13.8 Å². The Hall–Kier alpha value is -2.05. The van der Waals surface area contributed by atoms with E-state index >= 15 is 0 Å². The molecule has 0 radical (unpaired) electrons. The molecule has 2 rings (SSSR count). The summed E-state index contributed by atoms with van der Waals surface area (Å²) in [5.41, 5.74) is 1.82. The summed E-state index contributed by atoms with van der Waals surface area (Å²) in [5.74, 6) is -0.431. The first-order chi connectivity index (χ1) is 12.2. The Morgan fingerprint density at radius 1 is 1.15 bits per heavy atom. The molecular weight excluding hydrogens is 374 g/mol. The summed E-state index contributed by atoms with van der Waals surface area (Å²) in [4.78, 5) is 12.6. The van der Waals surface area contributed by atoms with Gasteiger partial charge in [0.05, 0.1) is 11.4 Å². The lowest BCUT2D eigenvalue weighted by atomic mass is 10.1. The van der Waals surface area contributed by atoms with Crippen molar-refractivity contribution in [3.63, 3.8) is 0 Å². The third-order valence-electron chi connectivity index (χ3n) is 4.03. The van der Waals surface area contributed by atoms with Crippen molar-refractivity contribution in [1.29, 1.82) is 0 Å². The van der Waals surface area contributed by atoms with Crippen LogP contribution in [0.25, 0.3) is 0 Å². The zero-order chi connectivity index (χ0) is 19.5. The Balaban J connectivity index is 2.46. The van der Waals surface area contributed by atoms with Crippen molar-refractivity contribution >= 4 is 33.3 Å².